The van der Waals surface area contributed by atoms with Crippen molar-refractivity contribution >= 4 is 5.97 Å². The lowest BCUT2D eigenvalue weighted by Crippen LogP contribution is -2.04. The molecule has 10 heavy (non-hydrogen) atoms. The zero-order chi connectivity index (χ0) is 8.15. The molecule has 0 aromatic carbocycles. The topological polar surface area (TPSA) is 66.8 Å². The minimum atomic E-state index is -0.840. The lowest BCUT2D eigenvalue weighted by atomic mass is 10.4. The Morgan fingerprint density at radius 1 is 1.70 bits per heavy atom. The predicted molar refractivity (Wildman–Crippen MR) is 34.2 cm³/mol. The Balaban J connectivity index is 3.93. The summed E-state index contributed by atoms with van der Waals surface area (Å²) in [5, 5.41) is 16.5. The van der Waals surface area contributed by atoms with Crippen molar-refractivity contribution in [2.75, 3.05) is 0 Å². The lowest BCUT2D eigenvalue weighted by molar-refractivity contribution is -0.139. The van der Waals surface area contributed by atoms with Gasteiger partial charge in [-0.15, -0.1) is 0 Å². The van der Waals surface area contributed by atoms with Crippen molar-refractivity contribution in [2.24, 2.45) is 0 Å². The molecule has 4 nitrogen and oxygen atoms in total. The van der Waals surface area contributed by atoms with Crippen molar-refractivity contribution < 1.29 is 19.7 Å². The maximum absolute atomic E-state index is 10.5. The van der Waals surface area contributed by atoms with E-state index in [0.717, 1.165) is 0 Å². The number of carbonyl (C=O) groups excluding carboxylic acids is 1. The Labute approximate surface area is 58.0 Å². The fourth-order valence-electron chi connectivity index (χ4n) is 0.208. The Hall–Kier alpha value is -1.45. The van der Waals surface area contributed by atoms with Crippen molar-refractivity contribution in [3.63, 3.8) is 0 Å². The number of hydrogen-bond donors (Lipinski definition) is 2. The van der Waals surface area contributed by atoms with E-state index in [1.54, 1.807) is 0 Å². The molecule has 2 N–H and O–H groups in total. The minimum absolute atomic E-state index is 0.147. The van der Waals surface area contributed by atoms with Crippen molar-refractivity contribution in [3.05, 3.63) is 24.4 Å². The highest BCUT2D eigenvalue weighted by Gasteiger charge is 2.04. The molecule has 0 amide bonds. The fourth-order valence-corrected chi connectivity index (χ4v) is 0.208. The molecule has 0 bridgehead atoms. The van der Waals surface area contributed by atoms with Gasteiger partial charge in [-0.3, -0.25) is 0 Å². The van der Waals surface area contributed by atoms with Crippen molar-refractivity contribution in [1.82, 2.24) is 0 Å². The van der Waals surface area contributed by atoms with Gasteiger partial charge in [0.1, 0.15) is 0 Å². The molecule has 0 heterocycles. The summed E-state index contributed by atoms with van der Waals surface area (Å²) in [5.74, 6) is -1.61. The van der Waals surface area contributed by atoms with E-state index < -0.39 is 11.9 Å². The molecule has 0 aromatic heterocycles. The van der Waals surface area contributed by atoms with E-state index in [2.05, 4.69) is 11.3 Å². The van der Waals surface area contributed by atoms with Crippen LogP contribution in [0.2, 0.25) is 0 Å². The zero-order valence-electron chi connectivity index (χ0n) is 5.50. The van der Waals surface area contributed by atoms with Gasteiger partial charge in [0, 0.05) is 5.57 Å². The Morgan fingerprint density at radius 3 is 2.50 bits per heavy atom. The summed E-state index contributed by atoms with van der Waals surface area (Å²) in [4.78, 5) is 10.5. The number of hydrogen-bond acceptors (Lipinski definition) is 4. The van der Waals surface area contributed by atoms with Crippen LogP contribution >= 0.6 is 0 Å². The zero-order valence-corrected chi connectivity index (χ0v) is 5.50. The average Bonchev–Trinajstić information content (AvgIpc) is 1.87. The first-order valence-corrected chi connectivity index (χ1v) is 2.49. The number of aliphatic hydroxyl groups is 2. The summed E-state index contributed by atoms with van der Waals surface area (Å²) in [6.07, 6.45) is 0.279. The van der Waals surface area contributed by atoms with Crippen LogP contribution in [0.4, 0.5) is 0 Å². The Morgan fingerprint density at radius 2 is 2.20 bits per heavy atom. The molecule has 0 aliphatic rings. The first-order chi connectivity index (χ1) is 4.57. The molecular formula is C6H8O4. The highest BCUT2D eigenvalue weighted by Crippen LogP contribution is 1.97. The second-order valence-electron chi connectivity index (χ2n) is 1.64. The molecular weight excluding hydrogens is 136 g/mol. The molecule has 0 saturated heterocycles. The van der Waals surface area contributed by atoms with Crippen LogP contribution in [0.1, 0.15) is 6.92 Å². The predicted octanol–water partition coefficient (Wildman–Crippen LogP) is 1.02. The summed E-state index contributed by atoms with van der Waals surface area (Å²) in [5.41, 5.74) is 0.147. The fraction of sp³-hybridized carbons (Fsp3) is 0.167. The summed E-state index contributed by atoms with van der Waals surface area (Å²) in [7, 11) is 0. The molecule has 0 radical (unpaired) electrons. The quantitative estimate of drug-likeness (QED) is 0.345. The van der Waals surface area contributed by atoms with Crippen LogP contribution in [0, 0.1) is 0 Å². The standard InChI is InChI=1S/C6H8O4/c1-4(2)6(9)10-5(8)3-7/h3,7-8H,1H2,2H3. The molecule has 0 aliphatic heterocycles. The molecule has 0 aromatic rings. The van der Waals surface area contributed by atoms with E-state index in [-0.39, 0.29) is 11.8 Å². The van der Waals surface area contributed by atoms with E-state index in [4.69, 9.17) is 10.2 Å². The van der Waals surface area contributed by atoms with Gasteiger partial charge in [0.25, 0.3) is 0 Å². The molecule has 0 rings (SSSR count). The van der Waals surface area contributed by atoms with Crippen molar-refractivity contribution in [1.29, 1.82) is 0 Å². The van der Waals surface area contributed by atoms with E-state index in [1.807, 2.05) is 0 Å². The maximum Gasteiger partial charge on any atom is 0.340 e. The van der Waals surface area contributed by atoms with Crippen LogP contribution in [-0.2, 0) is 9.53 Å². The van der Waals surface area contributed by atoms with Crippen LogP contribution in [0.25, 0.3) is 0 Å². The molecule has 0 atom stereocenters. The van der Waals surface area contributed by atoms with E-state index in [0.29, 0.717) is 0 Å². The third kappa shape index (κ3) is 2.76. The van der Waals surface area contributed by atoms with Gasteiger partial charge in [-0.1, -0.05) is 6.58 Å². The van der Waals surface area contributed by atoms with Gasteiger partial charge in [0.05, 0.1) is 0 Å². The molecule has 0 spiro atoms. The maximum atomic E-state index is 10.5. The SMILES string of the molecule is C=C(C)C(=O)OC(O)=CO. The van der Waals surface area contributed by atoms with Crippen molar-refractivity contribution in [3.8, 4) is 0 Å². The van der Waals surface area contributed by atoms with Crippen LogP contribution in [-0.4, -0.2) is 16.2 Å². The summed E-state index contributed by atoms with van der Waals surface area (Å²) >= 11 is 0. The van der Waals surface area contributed by atoms with Gasteiger partial charge < -0.3 is 14.9 Å². The molecule has 4 heteroatoms. The van der Waals surface area contributed by atoms with E-state index in [9.17, 15) is 4.79 Å². The summed E-state index contributed by atoms with van der Waals surface area (Å²) < 4.78 is 4.09. The Bertz CT molecular complexity index is 180. The van der Waals surface area contributed by atoms with Crippen LogP contribution in [0.3, 0.4) is 0 Å². The molecule has 0 fully saturated rings. The molecule has 56 valence electrons. The van der Waals surface area contributed by atoms with Crippen LogP contribution < -0.4 is 0 Å². The molecule has 0 saturated carbocycles. The number of esters is 1. The lowest BCUT2D eigenvalue weighted by Gasteiger charge is -1.98. The van der Waals surface area contributed by atoms with Gasteiger partial charge in [-0.2, -0.15) is 0 Å². The van der Waals surface area contributed by atoms with E-state index in [1.165, 1.54) is 6.92 Å². The number of carbonyl (C=O) groups is 1. The normalized spacial score (nSPS) is 10.7. The largest absolute Gasteiger partial charge is 0.508 e. The molecule has 0 aliphatic carbocycles. The molecule has 0 unspecified atom stereocenters. The minimum Gasteiger partial charge on any atom is -0.508 e. The van der Waals surface area contributed by atoms with Gasteiger partial charge in [-0.05, 0) is 6.92 Å². The second kappa shape index (κ2) is 3.55. The monoisotopic (exact) mass is 144 g/mol. The average molecular weight is 144 g/mol. The van der Waals surface area contributed by atoms with Crippen LogP contribution in [0.5, 0.6) is 0 Å². The van der Waals surface area contributed by atoms with Gasteiger partial charge in [0.15, 0.2) is 6.26 Å². The number of rotatable bonds is 2. The highest BCUT2D eigenvalue weighted by atomic mass is 16.6. The van der Waals surface area contributed by atoms with Gasteiger partial charge in [0.2, 0.25) is 0 Å². The third-order valence-electron chi connectivity index (χ3n) is 0.656. The van der Waals surface area contributed by atoms with Crippen LogP contribution in [0.15, 0.2) is 24.4 Å². The van der Waals surface area contributed by atoms with Gasteiger partial charge >= 0.3 is 11.9 Å². The third-order valence-corrected chi connectivity index (χ3v) is 0.656. The van der Waals surface area contributed by atoms with Gasteiger partial charge in [-0.25, -0.2) is 4.79 Å². The van der Waals surface area contributed by atoms with Crippen molar-refractivity contribution in [2.45, 2.75) is 6.92 Å². The Kier molecular flexibility index (Phi) is 3.04. The van der Waals surface area contributed by atoms with E-state index >= 15 is 0 Å². The first-order valence-electron chi connectivity index (χ1n) is 2.49. The number of ether oxygens (including phenoxy) is 1. The first kappa shape index (κ1) is 8.55. The smallest absolute Gasteiger partial charge is 0.340 e. The summed E-state index contributed by atoms with van der Waals surface area (Å²) in [6, 6.07) is 0. The summed E-state index contributed by atoms with van der Waals surface area (Å²) in [6.45, 7) is 4.67. The second-order valence-corrected chi connectivity index (χ2v) is 1.64. The highest BCUT2D eigenvalue weighted by molar-refractivity contribution is 5.87. The number of aliphatic hydroxyl groups excluding tert-OH is 2.